The van der Waals surface area contributed by atoms with Gasteiger partial charge in [-0.1, -0.05) is 0 Å². The van der Waals surface area contributed by atoms with Gasteiger partial charge < -0.3 is 15.7 Å². The molecule has 1 aliphatic carbocycles. The SMILES string of the molecule is CCNc1nc(C2CC2)nc(NCC(O)C(F)(F)F)c1C. The van der Waals surface area contributed by atoms with Crippen LogP contribution in [0.3, 0.4) is 0 Å². The monoisotopic (exact) mass is 304 g/mol. The van der Waals surface area contributed by atoms with Crippen LogP contribution in [-0.4, -0.2) is 40.4 Å². The number of aromatic nitrogens is 2. The minimum absolute atomic E-state index is 0.288. The van der Waals surface area contributed by atoms with Gasteiger partial charge in [-0.05, 0) is 26.7 Å². The standard InChI is InChI=1S/C13H19F3N4O/c1-3-17-10-7(2)11(18-6-9(21)13(14,15)16)20-12(19-10)8-4-5-8/h8-9,21H,3-6H2,1-2H3,(H2,17,18,19,20). The molecule has 1 atom stereocenters. The maximum Gasteiger partial charge on any atom is 0.416 e. The van der Waals surface area contributed by atoms with Crippen molar-refractivity contribution in [3.8, 4) is 0 Å². The molecule has 0 saturated heterocycles. The van der Waals surface area contributed by atoms with Crippen molar-refractivity contribution >= 4 is 11.6 Å². The zero-order valence-electron chi connectivity index (χ0n) is 12.0. The summed E-state index contributed by atoms with van der Waals surface area (Å²) in [6, 6.07) is 0. The van der Waals surface area contributed by atoms with Crippen LogP contribution in [0.5, 0.6) is 0 Å². The Labute approximate surface area is 121 Å². The highest BCUT2D eigenvalue weighted by Gasteiger charge is 2.38. The van der Waals surface area contributed by atoms with Gasteiger partial charge in [-0.15, -0.1) is 0 Å². The molecule has 1 saturated carbocycles. The van der Waals surface area contributed by atoms with Crippen LogP contribution in [0.15, 0.2) is 0 Å². The molecule has 0 radical (unpaired) electrons. The van der Waals surface area contributed by atoms with Crippen molar-refractivity contribution in [3.63, 3.8) is 0 Å². The summed E-state index contributed by atoms with van der Waals surface area (Å²) in [6.07, 6.45) is -5.06. The molecule has 1 heterocycles. The van der Waals surface area contributed by atoms with E-state index in [1.807, 2.05) is 6.92 Å². The highest BCUT2D eigenvalue weighted by atomic mass is 19.4. The molecule has 1 aromatic heterocycles. The number of aliphatic hydroxyl groups excluding tert-OH is 1. The van der Waals surface area contributed by atoms with Gasteiger partial charge in [0.1, 0.15) is 17.5 Å². The van der Waals surface area contributed by atoms with Gasteiger partial charge in [0.25, 0.3) is 0 Å². The van der Waals surface area contributed by atoms with E-state index < -0.39 is 18.8 Å². The van der Waals surface area contributed by atoms with Gasteiger partial charge in [0.05, 0.1) is 6.54 Å². The molecule has 2 rings (SSSR count). The van der Waals surface area contributed by atoms with Crippen molar-refractivity contribution in [2.24, 2.45) is 0 Å². The van der Waals surface area contributed by atoms with E-state index in [2.05, 4.69) is 20.6 Å². The normalized spacial score (nSPS) is 16.7. The van der Waals surface area contributed by atoms with E-state index in [0.29, 0.717) is 29.6 Å². The fraction of sp³-hybridized carbons (Fsp3) is 0.692. The molecule has 21 heavy (non-hydrogen) atoms. The lowest BCUT2D eigenvalue weighted by Gasteiger charge is -2.18. The second-order valence-corrected chi connectivity index (χ2v) is 5.15. The number of hydrogen-bond donors (Lipinski definition) is 3. The molecule has 0 spiro atoms. The molecule has 1 unspecified atom stereocenters. The summed E-state index contributed by atoms with van der Waals surface area (Å²) in [7, 11) is 0. The molecule has 0 bridgehead atoms. The van der Waals surface area contributed by atoms with Gasteiger partial charge in [-0.3, -0.25) is 0 Å². The number of rotatable bonds is 6. The van der Waals surface area contributed by atoms with Crippen LogP contribution in [0.1, 0.15) is 37.1 Å². The van der Waals surface area contributed by atoms with Gasteiger partial charge >= 0.3 is 6.18 Å². The van der Waals surface area contributed by atoms with Crippen LogP contribution >= 0.6 is 0 Å². The Morgan fingerprint density at radius 3 is 2.29 bits per heavy atom. The second-order valence-electron chi connectivity index (χ2n) is 5.15. The van der Waals surface area contributed by atoms with Crippen molar-refractivity contribution in [2.75, 3.05) is 23.7 Å². The summed E-state index contributed by atoms with van der Waals surface area (Å²) in [4.78, 5) is 8.70. The summed E-state index contributed by atoms with van der Waals surface area (Å²) in [5.74, 6) is 1.89. The van der Waals surface area contributed by atoms with E-state index in [1.165, 1.54) is 0 Å². The first-order valence-corrected chi connectivity index (χ1v) is 6.94. The molecule has 1 aliphatic rings. The smallest absolute Gasteiger partial charge is 0.382 e. The average molecular weight is 304 g/mol. The minimum atomic E-state index is -4.64. The molecular weight excluding hydrogens is 285 g/mol. The van der Waals surface area contributed by atoms with Crippen molar-refractivity contribution in [2.45, 2.75) is 44.9 Å². The molecule has 0 aromatic carbocycles. The minimum Gasteiger partial charge on any atom is -0.382 e. The highest BCUT2D eigenvalue weighted by Crippen LogP contribution is 2.39. The summed E-state index contributed by atoms with van der Waals surface area (Å²) >= 11 is 0. The van der Waals surface area contributed by atoms with Crippen LogP contribution < -0.4 is 10.6 Å². The van der Waals surface area contributed by atoms with Crippen molar-refractivity contribution < 1.29 is 18.3 Å². The first kappa shape index (κ1) is 15.8. The first-order chi connectivity index (χ1) is 9.82. The number of nitrogens with zero attached hydrogens (tertiary/aromatic N) is 2. The van der Waals surface area contributed by atoms with Crippen LogP contribution in [0.4, 0.5) is 24.8 Å². The molecule has 8 heteroatoms. The van der Waals surface area contributed by atoms with E-state index in [9.17, 15) is 13.2 Å². The van der Waals surface area contributed by atoms with E-state index >= 15 is 0 Å². The molecular formula is C13H19F3N4O. The van der Waals surface area contributed by atoms with Gasteiger partial charge in [-0.25, -0.2) is 9.97 Å². The molecule has 0 amide bonds. The van der Waals surface area contributed by atoms with Crippen LogP contribution in [0.2, 0.25) is 0 Å². The highest BCUT2D eigenvalue weighted by molar-refractivity contribution is 5.57. The van der Waals surface area contributed by atoms with Gasteiger partial charge in [0.15, 0.2) is 6.10 Å². The Kier molecular flexibility index (Phi) is 4.55. The van der Waals surface area contributed by atoms with Crippen molar-refractivity contribution in [1.82, 2.24) is 9.97 Å². The lowest BCUT2D eigenvalue weighted by atomic mass is 10.2. The van der Waals surface area contributed by atoms with Crippen molar-refractivity contribution in [1.29, 1.82) is 0 Å². The Bertz CT molecular complexity index is 503. The topological polar surface area (TPSA) is 70.1 Å². The Morgan fingerprint density at radius 2 is 1.81 bits per heavy atom. The maximum atomic E-state index is 12.3. The van der Waals surface area contributed by atoms with Crippen LogP contribution in [0.25, 0.3) is 0 Å². The molecule has 118 valence electrons. The van der Waals surface area contributed by atoms with E-state index in [4.69, 9.17) is 5.11 Å². The van der Waals surface area contributed by atoms with Gasteiger partial charge in [0, 0.05) is 18.0 Å². The van der Waals surface area contributed by atoms with Crippen LogP contribution in [-0.2, 0) is 0 Å². The zero-order chi connectivity index (χ0) is 15.6. The number of halogens is 3. The molecule has 5 nitrogen and oxygen atoms in total. The lowest BCUT2D eigenvalue weighted by Crippen LogP contribution is -2.35. The second kappa shape index (κ2) is 6.05. The largest absolute Gasteiger partial charge is 0.416 e. The number of hydrogen-bond acceptors (Lipinski definition) is 5. The maximum absolute atomic E-state index is 12.3. The average Bonchev–Trinajstić information content (AvgIpc) is 3.22. The summed E-state index contributed by atoms with van der Waals surface area (Å²) in [5, 5.41) is 14.7. The Balaban J connectivity index is 2.17. The van der Waals surface area contributed by atoms with E-state index in [0.717, 1.165) is 12.8 Å². The van der Waals surface area contributed by atoms with Gasteiger partial charge in [0.2, 0.25) is 0 Å². The molecule has 1 fully saturated rings. The predicted molar refractivity (Wildman–Crippen MR) is 73.5 cm³/mol. The lowest BCUT2D eigenvalue weighted by molar-refractivity contribution is -0.198. The van der Waals surface area contributed by atoms with Crippen LogP contribution in [0, 0.1) is 6.92 Å². The zero-order valence-corrected chi connectivity index (χ0v) is 12.0. The predicted octanol–water partition coefficient (Wildman–Crippen LogP) is 2.43. The van der Waals surface area contributed by atoms with E-state index in [1.54, 1.807) is 6.92 Å². The number of anilines is 2. The van der Waals surface area contributed by atoms with E-state index in [-0.39, 0.29) is 5.92 Å². The Hall–Kier alpha value is -1.57. The number of aliphatic hydroxyl groups is 1. The molecule has 1 aromatic rings. The number of alkyl halides is 3. The first-order valence-electron chi connectivity index (χ1n) is 6.94. The fourth-order valence-corrected chi connectivity index (χ4v) is 1.88. The third-order valence-corrected chi connectivity index (χ3v) is 3.29. The molecule has 0 aliphatic heterocycles. The number of nitrogens with one attached hydrogen (secondary N) is 2. The Morgan fingerprint density at radius 1 is 1.24 bits per heavy atom. The van der Waals surface area contributed by atoms with Gasteiger partial charge in [-0.2, -0.15) is 13.2 Å². The van der Waals surface area contributed by atoms with Crippen molar-refractivity contribution in [3.05, 3.63) is 11.4 Å². The quantitative estimate of drug-likeness (QED) is 0.753. The fourth-order valence-electron chi connectivity index (χ4n) is 1.88. The molecule has 3 N–H and O–H groups in total. The summed E-state index contributed by atoms with van der Waals surface area (Å²) in [6.45, 7) is 3.68. The summed E-state index contributed by atoms with van der Waals surface area (Å²) < 4.78 is 37.0. The third kappa shape index (κ3) is 3.96. The third-order valence-electron chi connectivity index (χ3n) is 3.29. The summed E-state index contributed by atoms with van der Waals surface area (Å²) in [5.41, 5.74) is 0.649.